The van der Waals surface area contributed by atoms with E-state index in [-0.39, 0.29) is 6.04 Å². The van der Waals surface area contributed by atoms with E-state index in [1.54, 1.807) is 0 Å². The van der Waals surface area contributed by atoms with Crippen LogP contribution in [0.15, 0.2) is 78.9 Å². The lowest BCUT2D eigenvalue weighted by Gasteiger charge is -2.23. The van der Waals surface area contributed by atoms with Gasteiger partial charge >= 0.3 is 0 Å². The summed E-state index contributed by atoms with van der Waals surface area (Å²) in [5, 5.41) is 10.4. The Morgan fingerprint density at radius 2 is 1.44 bits per heavy atom. The summed E-state index contributed by atoms with van der Waals surface area (Å²) in [7, 11) is 0. The van der Waals surface area contributed by atoms with Gasteiger partial charge in [-0.1, -0.05) is 100.0 Å². The lowest BCUT2D eigenvalue weighted by Crippen LogP contribution is -2.12. The first-order valence-electron chi connectivity index (χ1n) is 15.9. The van der Waals surface area contributed by atoms with Crippen LogP contribution in [-0.4, -0.2) is 4.98 Å². The minimum atomic E-state index is 0.241. The van der Waals surface area contributed by atoms with Crippen molar-refractivity contribution in [2.75, 3.05) is 10.6 Å². The third-order valence-electron chi connectivity index (χ3n) is 9.10. The number of aryl methyl sites for hydroxylation is 4. The maximum absolute atomic E-state index is 5.33. The largest absolute Gasteiger partial charge is 0.379 e. The Morgan fingerprint density at radius 3 is 2.14 bits per heavy atom. The molecule has 1 aliphatic carbocycles. The van der Waals surface area contributed by atoms with E-state index in [1.165, 1.54) is 66.7 Å². The fraction of sp³-hybridized carbons (Fsp3) is 0.325. The summed E-state index contributed by atoms with van der Waals surface area (Å²) >= 11 is 0. The fourth-order valence-corrected chi connectivity index (χ4v) is 7.12. The third kappa shape index (κ3) is 5.66. The molecule has 0 aliphatic heterocycles. The van der Waals surface area contributed by atoms with Gasteiger partial charge in [0.1, 0.15) is 0 Å². The van der Waals surface area contributed by atoms with Gasteiger partial charge in [0.15, 0.2) is 0 Å². The summed E-state index contributed by atoms with van der Waals surface area (Å²) in [5.74, 6) is 0.896. The van der Waals surface area contributed by atoms with Crippen LogP contribution in [0, 0.1) is 20.8 Å². The first-order chi connectivity index (χ1) is 20.7. The molecule has 1 aliphatic rings. The van der Waals surface area contributed by atoms with Crippen molar-refractivity contribution < 1.29 is 0 Å². The van der Waals surface area contributed by atoms with Crippen LogP contribution in [0.4, 0.5) is 11.4 Å². The molecule has 1 atom stereocenters. The molecule has 43 heavy (non-hydrogen) atoms. The second-order valence-corrected chi connectivity index (χ2v) is 13.0. The summed E-state index contributed by atoms with van der Waals surface area (Å²) in [6.07, 6.45) is 2.15. The van der Waals surface area contributed by atoms with Crippen LogP contribution in [0.2, 0.25) is 0 Å². The van der Waals surface area contributed by atoms with Gasteiger partial charge in [0.2, 0.25) is 0 Å². The van der Waals surface area contributed by atoms with Gasteiger partial charge in [-0.15, -0.1) is 0 Å². The topological polar surface area (TPSA) is 37.0 Å². The van der Waals surface area contributed by atoms with Crippen LogP contribution < -0.4 is 10.6 Å². The molecule has 0 fully saturated rings. The summed E-state index contributed by atoms with van der Waals surface area (Å²) in [4.78, 5) is 5.33. The van der Waals surface area contributed by atoms with Crippen molar-refractivity contribution in [1.82, 2.24) is 4.98 Å². The lowest BCUT2D eigenvalue weighted by atomic mass is 9.91. The zero-order chi connectivity index (χ0) is 30.2. The van der Waals surface area contributed by atoms with Crippen LogP contribution in [0.5, 0.6) is 0 Å². The Hall–Kier alpha value is -4.11. The third-order valence-corrected chi connectivity index (χ3v) is 9.10. The van der Waals surface area contributed by atoms with Crippen molar-refractivity contribution in [3.8, 4) is 11.3 Å². The number of benzene rings is 4. The van der Waals surface area contributed by atoms with Crippen molar-refractivity contribution in [2.45, 2.75) is 85.7 Å². The van der Waals surface area contributed by atoms with Gasteiger partial charge in [0, 0.05) is 16.9 Å². The summed E-state index contributed by atoms with van der Waals surface area (Å²) in [6, 6.07) is 29.3. The van der Waals surface area contributed by atoms with E-state index in [0.717, 1.165) is 24.2 Å². The highest BCUT2D eigenvalue weighted by Gasteiger charge is 2.29. The van der Waals surface area contributed by atoms with Crippen LogP contribution in [-0.2, 0) is 13.0 Å². The quantitative estimate of drug-likeness (QED) is 0.196. The number of hydrogen-bond acceptors (Lipinski definition) is 3. The van der Waals surface area contributed by atoms with Crippen LogP contribution in [0.1, 0.15) is 96.6 Å². The van der Waals surface area contributed by atoms with Crippen molar-refractivity contribution in [2.24, 2.45) is 0 Å². The molecule has 220 valence electrons. The molecule has 6 rings (SSSR count). The number of rotatable bonds is 8. The molecule has 0 amide bonds. The molecule has 5 aromatic rings. The standard InChI is InChI=1S/C40H45N3/c1-24(2)32-15-11-16-33(25(3)4)40(32)41-23-31-13-10-17-35(42-31)38-34-14-9-8-12-29(34)22-30-18-19-36(37(30)38)43-39-27(6)20-26(5)21-28(39)7/h8-17,20-22,24-25,36,41,43H,18-19,23H2,1-7H3. The van der Waals surface area contributed by atoms with E-state index < -0.39 is 0 Å². The molecule has 2 N–H and O–H groups in total. The average molecular weight is 568 g/mol. The van der Waals surface area contributed by atoms with Gasteiger partial charge in [-0.2, -0.15) is 0 Å². The monoisotopic (exact) mass is 567 g/mol. The second kappa shape index (κ2) is 11.9. The Labute approximate surface area is 257 Å². The van der Waals surface area contributed by atoms with E-state index in [2.05, 4.69) is 138 Å². The number of nitrogens with zero attached hydrogens (tertiary/aromatic N) is 1. The van der Waals surface area contributed by atoms with Gasteiger partial charge in [0.05, 0.1) is 24.0 Å². The molecule has 3 heteroatoms. The Bertz CT molecular complexity index is 1750. The van der Waals surface area contributed by atoms with E-state index in [0.29, 0.717) is 18.4 Å². The van der Waals surface area contributed by atoms with Crippen LogP contribution in [0.25, 0.3) is 22.0 Å². The van der Waals surface area contributed by atoms with E-state index in [9.17, 15) is 0 Å². The SMILES string of the molecule is Cc1cc(C)c(NC2CCc3cc4ccccc4c(-c4cccc(CNc5c(C(C)C)cccc5C(C)C)n4)c32)c(C)c1. The molecule has 4 aromatic carbocycles. The zero-order valence-electron chi connectivity index (χ0n) is 26.8. The molecule has 0 spiro atoms. The summed E-state index contributed by atoms with van der Waals surface area (Å²) < 4.78 is 0. The van der Waals surface area contributed by atoms with Crippen molar-refractivity contribution in [3.63, 3.8) is 0 Å². The van der Waals surface area contributed by atoms with E-state index in [1.807, 2.05) is 0 Å². The zero-order valence-corrected chi connectivity index (χ0v) is 26.8. The minimum absolute atomic E-state index is 0.241. The number of aromatic nitrogens is 1. The maximum atomic E-state index is 5.33. The predicted octanol–water partition coefficient (Wildman–Crippen LogP) is 10.8. The summed E-state index contributed by atoms with van der Waals surface area (Å²) in [5.41, 5.74) is 15.4. The number of nitrogens with one attached hydrogen (secondary N) is 2. The molecule has 1 unspecified atom stereocenters. The van der Waals surface area contributed by atoms with Gasteiger partial charge in [-0.25, -0.2) is 0 Å². The maximum Gasteiger partial charge on any atom is 0.0716 e. The highest BCUT2D eigenvalue weighted by molar-refractivity contribution is 5.99. The molecule has 3 nitrogen and oxygen atoms in total. The molecular formula is C40H45N3. The Kier molecular flexibility index (Phi) is 8.01. The second-order valence-electron chi connectivity index (χ2n) is 13.0. The highest BCUT2D eigenvalue weighted by Crippen LogP contribution is 2.45. The first kappa shape index (κ1) is 29.0. The molecule has 0 saturated heterocycles. The van der Waals surface area contributed by atoms with Gasteiger partial charge in [-0.3, -0.25) is 4.98 Å². The minimum Gasteiger partial charge on any atom is -0.379 e. The Morgan fingerprint density at radius 1 is 0.767 bits per heavy atom. The van der Waals surface area contributed by atoms with E-state index >= 15 is 0 Å². The van der Waals surface area contributed by atoms with Gasteiger partial charge < -0.3 is 10.6 Å². The molecule has 0 bridgehead atoms. The molecule has 1 heterocycles. The normalized spacial score (nSPS) is 14.5. The summed E-state index contributed by atoms with van der Waals surface area (Å²) in [6.45, 7) is 16.4. The Balaban J connectivity index is 1.41. The van der Waals surface area contributed by atoms with E-state index in [4.69, 9.17) is 4.98 Å². The van der Waals surface area contributed by atoms with Crippen molar-refractivity contribution in [1.29, 1.82) is 0 Å². The molecular weight excluding hydrogens is 522 g/mol. The molecule has 0 saturated carbocycles. The lowest BCUT2D eigenvalue weighted by molar-refractivity contribution is 0.761. The molecule has 0 radical (unpaired) electrons. The number of fused-ring (bicyclic) bond motifs is 2. The fourth-order valence-electron chi connectivity index (χ4n) is 7.12. The average Bonchev–Trinajstić information content (AvgIpc) is 3.38. The first-order valence-corrected chi connectivity index (χ1v) is 15.9. The van der Waals surface area contributed by atoms with Gasteiger partial charge in [-0.05, 0) is 102 Å². The molecule has 1 aromatic heterocycles. The number of anilines is 2. The number of hydrogen-bond donors (Lipinski definition) is 2. The van der Waals surface area contributed by atoms with Crippen LogP contribution >= 0.6 is 0 Å². The highest BCUT2D eigenvalue weighted by atomic mass is 14.9. The van der Waals surface area contributed by atoms with Crippen LogP contribution in [0.3, 0.4) is 0 Å². The van der Waals surface area contributed by atoms with Gasteiger partial charge in [0.25, 0.3) is 0 Å². The smallest absolute Gasteiger partial charge is 0.0716 e. The predicted molar refractivity (Wildman–Crippen MR) is 184 cm³/mol. The number of pyridine rings is 1. The van der Waals surface area contributed by atoms with Crippen molar-refractivity contribution in [3.05, 3.63) is 124 Å². The number of para-hydroxylation sites is 1. The van der Waals surface area contributed by atoms with Crippen molar-refractivity contribution >= 4 is 22.1 Å².